The summed E-state index contributed by atoms with van der Waals surface area (Å²) in [6.07, 6.45) is 0.773. The fourth-order valence-electron chi connectivity index (χ4n) is 2.54. The van der Waals surface area contributed by atoms with Gasteiger partial charge < -0.3 is 10.2 Å². The van der Waals surface area contributed by atoms with E-state index in [2.05, 4.69) is 34.1 Å². The number of benzene rings is 1. The summed E-state index contributed by atoms with van der Waals surface area (Å²) in [6.45, 7) is 5.56. The second-order valence-electron chi connectivity index (χ2n) is 5.96. The Hall–Kier alpha value is -1.25. The van der Waals surface area contributed by atoms with E-state index in [1.165, 1.54) is 16.9 Å². The van der Waals surface area contributed by atoms with Gasteiger partial charge in [0.2, 0.25) is 10.0 Å². The van der Waals surface area contributed by atoms with Crippen molar-refractivity contribution >= 4 is 21.4 Å². The molecule has 2 rings (SSSR count). The minimum absolute atomic E-state index is 0.399. The zero-order chi connectivity index (χ0) is 18.1. The Morgan fingerprint density at radius 1 is 1.16 bits per heavy atom. The Morgan fingerprint density at radius 2 is 1.92 bits per heavy atom. The molecule has 1 heterocycles. The number of nitrogens with one attached hydrogen (secondary N) is 2. The quantitative estimate of drug-likeness (QED) is 0.588. The minimum Gasteiger partial charge on any atom is -0.312 e. The second kappa shape index (κ2) is 10.0. The van der Waals surface area contributed by atoms with Crippen molar-refractivity contribution in [2.75, 3.05) is 26.7 Å². The van der Waals surface area contributed by atoms with Crippen molar-refractivity contribution in [3.8, 4) is 0 Å². The standard InChI is InChI=1S/C18H27N3O2S2/c1-3-19-14-17-18(10-13-24-17)25(22,23)20-11-7-12-21(2)15-16-8-5-4-6-9-16/h4-6,8-10,13,19-20H,3,7,11-12,14-15H2,1-2H3. The van der Waals surface area contributed by atoms with Gasteiger partial charge in [-0.05, 0) is 43.6 Å². The Bertz CT molecular complexity index is 730. The van der Waals surface area contributed by atoms with E-state index in [4.69, 9.17) is 0 Å². The average molecular weight is 382 g/mol. The van der Waals surface area contributed by atoms with Gasteiger partial charge >= 0.3 is 0 Å². The van der Waals surface area contributed by atoms with E-state index >= 15 is 0 Å². The minimum atomic E-state index is -3.43. The maximum atomic E-state index is 12.5. The Balaban J connectivity index is 1.77. The predicted molar refractivity (Wildman–Crippen MR) is 104 cm³/mol. The lowest BCUT2D eigenvalue weighted by Crippen LogP contribution is -2.29. The first-order valence-electron chi connectivity index (χ1n) is 8.52. The summed E-state index contributed by atoms with van der Waals surface area (Å²) < 4.78 is 27.7. The highest BCUT2D eigenvalue weighted by Gasteiger charge is 2.18. The normalized spacial score (nSPS) is 12.0. The number of hydrogen-bond acceptors (Lipinski definition) is 5. The van der Waals surface area contributed by atoms with Gasteiger partial charge in [-0.1, -0.05) is 37.3 Å². The van der Waals surface area contributed by atoms with Gasteiger partial charge in [-0.15, -0.1) is 11.3 Å². The van der Waals surface area contributed by atoms with Gasteiger partial charge in [0.05, 0.1) is 4.90 Å². The van der Waals surface area contributed by atoms with Crippen LogP contribution in [0.2, 0.25) is 0 Å². The highest BCUT2D eigenvalue weighted by atomic mass is 32.2. The highest BCUT2D eigenvalue weighted by Crippen LogP contribution is 2.21. The monoisotopic (exact) mass is 381 g/mol. The molecular weight excluding hydrogens is 354 g/mol. The van der Waals surface area contributed by atoms with Crippen LogP contribution in [-0.2, 0) is 23.1 Å². The fraction of sp³-hybridized carbons (Fsp3) is 0.444. The van der Waals surface area contributed by atoms with Crippen molar-refractivity contribution in [1.29, 1.82) is 0 Å². The summed E-state index contributed by atoms with van der Waals surface area (Å²) in [7, 11) is -1.38. The predicted octanol–water partition coefficient (Wildman–Crippen LogP) is 2.66. The Morgan fingerprint density at radius 3 is 2.64 bits per heavy atom. The van der Waals surface area contributed by atoms with Gasteiger partial charge in [0.25, 0.3) is 0 Å². The van der Waals surface area contributed by atoms with Crippen LogP contribution in [0.4, 0.5) is 0 Å². The van der Waals surface area contributed by atoms with E-state index in [0.717, 1.165) is 30.9 Å². The molecular formula is C18H27N3O2S2. The summed E-state index contributed by atoms with van der Waals surface area (Å²) in [4.78, 5) is 3.46. The van der Waals surface area contributed by atoms with Crippen LogP contribution in [0, 0.1) is 0 Å². The van der Waals surface area contributed by atoms with Gasteiger partial charge in [-0.3, -0.25) is 0 Å². The third-order valence-electron chi connectivity index (χ3n) is 3.83. The van der Waals surface area contributed by atoms with E-state index in [1.54, 1.807) is 6.07 Å². The molecule has 138 valence electrons. The molecule has 0 fully saturated rings. The number of nitrogens with zero attached hydrogens (tertiary/aromatic N) is 1. The van der Waals surface area contributed by atoms with E-state index in [1.807, 2.05) is 30.5 Å². The van der Waals surface area contributed by atoms with Crippen LogP contribution in [0.1, 0.15) is 23.8 Å². The lowest BCUT2D eigenvalue weighted by molar-refractivity contribution is 0.322. The molecule has 25 heavy (non-hydrogen) atoms. The smallest absolute Gasteiger partial charge is 0.241 e. The van der Waals surface area contributed by atoms with Crippen LogP contribution in [-0.4, -0.2) is 40.0 Å². The first-order valence-corrected chi connectivity index (χ1v) is 10.9. The largest absolute Gasteiger partial charge is 0.312 e. The van der Waals surface area contributed by atoms with Crippen molar-refractivity contribution in [2.24, 2.45) is 0 Å². The summed E-state index contributed by atoms with van der Waals surface area (Å²) in [6, 6.07) is 11.9. The number of hydrogen-bond donors (Lipinski definition) is 2. The lowest BCUT2D eigenvalue weighted by atomic mass is 10.2. The van der Waals surface area contributed by atoms with Crippen molar-refractivity contribution in [1.82, 2.24) is 14.9 Å². The third-order valence-corrected chi connectivity index (χ3v) is 6.43. The summed E-state index contributed by atoms with van der Waals surface area (Å²) in [5, 5.41) is 5.01. The SMILES string of the molecule is CCNCc1sccc1S(=O)(=O)NCCCN(C)Cc1ccccc1. The lowest BCUT2D eigenvalue weighted by Gasteiger charge is -2.16. The van der Waals surface area contributed by atoms with Crippen LogP contribution in [0.25, 0.3) is 0 Å². The fourth-order valence-corrected chi connectivity index (χ4v) is 5.03. The molecule has 7 heteroatoms. The van der Waals surface area contributed by atoms with E-state index in [9.17, 15) is 8.42 Å². The van der Waals surface area contributed by atoms with Crippen LogP contribution >= 0.6 is 11.3 Å². The Labute approximate surface area is 155 Å². The van der Waals surface area contributed by atoms with Crippen LogP contribution in [0.15, 0.2) is 46.7 Å². The number of rotatable bonds is 11. The van der Waals surface area contributed by atoms with Crippen molar-refractivity contribution in [3.63, 3.8) is 0 Å². The zero-order valence-corrected chi connectivity index (χ0v) is 16.5. The van der Waals surface area contributed by atoms with Crippen LogP contribution in [0.3, 0.4) is 0 Å². The van der Waals surface area contributed by atoms with Gasteiger partial charge in [-0.25, -0.2) is 13.1 Å². The van der Waals surface area contributed by atoms with Crippen molar-refractivity contribution in [3.05, 3.63) is 52.2 Å². The molecule has 0 radical (unpaired) electrons. The molecule has 0 bridgehead atoms. The van der Waals surface area contributed by atoms with Gasteiger partial charge in [0.1, 0.15) is 0 Å². The van der Waals surface area contributed by atoms with E-state index in [0.29, 0.717) is 18.0 Å². The molecule has 1 aromatic heterocycles. The van der Waals surface area contributed by atoms with Crippen molar-refractivity contribution < 1.29 is 8.42 Å². The molecule has 0 spiro atoms. The molecule has 0 aliphatic carbocycles. The summed E-state index contributed by atoms with van der Waals surface area (Å²) >= 11 is 1.47. The van der Waals surface area contributed by atoms with Crippen LogP contribution in [0.5, 0.6) is 0 Å². The first-order chi connectivity index (χ1) is 12.0. The highest BCUT2D eigenvalue weighted by molar-refractivity contribution is 7.89. The summed E-state index contributed by atoms with van der Waals surface area (Å²) in [5.41, 5.74) is 1.26. The average Bonchev–Trinajstić information content (AvgIpc) is 3.07. The molecule has 0 aliphatic rings. The van der Waals surface area contributed by atoms with Gasteiger partial charge in [-0.2, -0.15) is 0 Å². The van der Waals surface area contributed by atoms with Gasteiger partial charge in [0.15, 0.2) is 0 Å². The molecule has 0 unspecified atom stereocenters. The molecule has 0 atom stereocenters. The maximum absolute atomic E-state index is 12.5. The van der Waals surface area contributed by atoms with Crippen LogP contribution < -0.4 is 10.0 Å². The Kier molecular flexibility index (Phi) is 8.05. The second-order valence-corrected chi connectivity index (χ2v) is 8.70. The molecule has 5 nitrogen and oxygen atoms in total. The number of thiophene rings is 1. The zero-order valence-electron chi connectivity index (χ0n) is 14.9. The maximum Gasteiger partial charge on any atom is 0.241 e. The van der Waals surface area contributed by atoms with Crippen molar-refractivity contribution in [2.45, 2.75) is 31.3 Å². The molecule has 1 aromatic carbocycles. The topological polar surface area (TPSA) is 61.4 Å². The molecule has 2 N–H and O–H groups in total. The molecule has 2 aromatic rings. The van der Waals surface area contributed by atoms with Gasteiger partial charge in [0, 0.05) is 24.5 Å². The molecule has 0 amide bonds. The molecule has 0 saturated heterocycles. The van der Waals surface area contributed by atoms with E-state index < -0.39 is 10.0 Å². The molecule has 0 saturated carbocycles. The number of sulfonamides is 1. The first kappa shape index (κ1) is 20.1. The summed E-state index contributed by atoms with van der Waals surface area (Å²) in [5.74, 6) is 0. The van der Waals surface area contributed by atoms with E-state index in [-0.39, 0.29) is 0 Å². The molecule has 0 aliphatic heterocycles. The third kappa shape index (κ3) is 6.52.